The summed E-state index contributed by atoms with van der Waals surface area (Å²) in [5.41, 5.74) is 0.290. The van der Waals surface area contributed by atoms with Crippen molar-refractivity contribution in [3.05, 3.63) is 0 Å². The third kappa shape index (κ3) is 5.80. The summed E-state index contributed by atoms with van der Waals surface area (Å²) in [5.74, 6) is 0. The van der Waals surface area contributed by atoms with Crippen LogP contribution in [0.3, 0.4) is 0 Å². The molecule has 0 aromatic carbocycles. The van der Waals surface area contributed by atoms with E-state index in [1.165, 1.54) is 45.4 Å². The Labute approximate surface area is 120 Å². The number of hydrogen-bond acceptors (Lipinski definition) is 3. The summed E-state index contributed by atoms with van der Waals surface area (Å²) < 4.78 is 0. The summed E-state index contributed by atoms with van der Waals surface area (Å²) >= 11 is 0. The first kappa shape index (κ1) is 16.9. The van der Waals surface area contributed by atoms with Gasteiger partial charge < -0.3 is 5.32 Å². The zero-order valence-corrected chi connectivity index (χ0v) is 13.8. The number of hydrogen-bond donors (Lipinski definition) is 1. The first-order valence-electron chi connectivity index (χ1n) is 8.17. The van der Waals surface area contributed by atoms with Crippen LogP contribution in [0.15, 0.2) is 0 Å². The molecule has 1 aliphatic rings. The number of rotatable bonds is 8. The molecule has 114 valence electrons. The van der Waals surface area contributed by atoms with E-state index >= 15 is 0 Å². The van der Waals surface area contributed by atoms with Crippen LogP contribution in [0.5, 0.6) is 0 Å². The van der Waals surface area contributed by atoms with Crippen LogP contribution in [0.1, 0.15) is 53.9 Å². The van der Waals surface area contributed by atoms with Gasteiger partial charge in [-0.1, -0.05) is 19.8 Å². The van der Waals surface area contributed by atoms with Gasteiger partial charge in [0.05, 0.1) is 0 Å². The van der Waals surface area contributed by atoms with Gasteiger partial charge in [0.15, 0.2) is 0 Å². The monoisotopic (exact) mass is 269 g/mol. The fourth-order valence-electron chi connectivity index (χ4n) is 2.95. The largest absolute Gasteiger partial charge is 0.314 e. The first-order valence-corrected chi connectivity index (χ1v) is 8.17. The lowest BCUT2D eigenvalue weighted by Gasteiger charge is -2.45. The van der Waals surface area contributed by atoms with Crippen LogP contribution in [0, 0.1) is 0 Å². The van der Waals surface area contributed by atoms with E-state index in [-0.39, 0.29) is 0 Å². The minimum Gasteiger partial charge on any atom is -0.314 e. The molecule has 0 saturated carbocycles. The minimum atomic E-state index is 0.290. The van der Waals surface area contributed by atoms with E-state index in [9.17, 15) is 0 Å². The summed E-state index contributed by atoms with van der Waals surface area (Å²) in [5, 5.41) is 3.45. The van der Waals surface area contributed by atoms with Crippen molar-refractivity contribution < 1.29 is 0 Å². The van der Waals surface area contributed by atoms with Crippen molar-refractivity contribution in [1.29, 1.82) is 0 Å². The molecule has 0 amide bonds. The van der Waals surface area contributed by atoms with Gasteiger partial charge in [0, 0.05) is 44.3 Å². The highest BCUT2D eigenvalue weighted by Crippen LogP contribution is 2.18. The maximum Gasteiger partial charge on any atom is 0.0281 e. The highest BCUT2D eigenvalue weighted by molar-refractivity contribution is 4.88. The topological polar surface area (TPSA) is 18.5 Å². The normalized spacial score (nSPS) is 18.5. The Morgan fingerprint density at radius 2 is 1.79 bits per heavy atom. The van der Waals surface area contributed by atoms with Crippen LogP contribution in [0.4, 0.5) is 0 Å². The van der Waals surface area contributed by atoms with Crippen LogP contribution in [-0.4, -0.2) is 60.6 Å². The van der Waals surface area contributed by atoms with Gasteiger partial charge in [-0.3, -0.25) is 9.80 Å². The van der Waals surface area contributed by atoms with Gasteiger partial charge in [-0.15, -0.1) is 0 Å². The summed E-state index contributed by atoms with van der Waals surface area (Å²) in [6.45, 7) is 18.9. The molecular formula is C16H35N3. The molecule has 0 spiro atoms. The van der Waals surface area contributed by atoms with Crippen molar-refractivity contribution in [3.63, 3.8) is 0 Å². The Hall–Kier alpha value is -0.120. The van der Waals surface area contributed by atoms with Crippen molar-refractivity contribution in [3.8, 4) is 0 Å². The number of piperazine rings is 1. The molecule has 1 N–H and O–H groups in total. The van der Waals surface area contributed by atoms with Crippen molar-refractivity contribution in [2.45, 2.75) is 65.5 Å². The highest BCUT2D eigenvalue weighted by atomic mass is 15.3. The van der Waals surface area contributed by atoms with E-state index in [0.717, 1.165) is 13.1 Å². The molecule has 1 aliphatic heterocycles. The van der Waals surface area contributed by atoms with Gasteiger partial charge in [0.1, 0.15) is 0 Å². The van der Waals surface area contributed by atoms with Gasteiger partial charge in [-0.25, -0.2) is 0 Å². The lowest BCUT2D eigenvalue weighted by atomic mass is 9.99. The van der Waals surface area contributed by atoms with Crippen LogP contribution < -0.4 is 5.32 Å². The maximum absolute atomic E-state index is 3.45. The van der Waals surface area contributed by atoms with Crippen molar-refractivity contribution in [2.75, 3.05) is 39.3 Å². The molecule has 0 atom stereocenters. The van der Waals surface area contributed by atoms with E-state index in [1.807, 2.05) is 0 Å². The molecule has 1 fully saturated rings. The summed E-state index contributed by atoms with van der Waals surface area (Å²) in [7, 11) is 0. The standard InChI is InChI=1S/C16H35N3/c1-6-7-8-11-18(15(2)3)14-16(4,5)19-12-9-17-10-13-19/h15,17H,6-14H2,1-5H3. The molecule has 0 aromatic rings. The zero-order valence-electron chi connectivity index (χ0n) is 13.8. The Bertz CT molecular complexity index is 232. The van der Waals surface area contributed by atoms with E-state index in [1.54, 1.807) is 0 Å². The fraction of sp³-hybridized carbons (Fsp3) is 1.00. The first-order chi connectivity index (χ1) is 8.97. The molecule has 19 heavy (non-hydrogen) atoms. The summed E-state index contributed by atoms with van der Waals surface area (Å²) in [4.78, 5) is 5.32. The fourth-order valence-corrected chi connectivity index (χ4v) is 2.95. The van der Waals surface area contributed by atoms with Crippen LogP contribution in [-0.2, 0) is 0 Å². The minimum absolute atomic E-state index is 0.290. The average Bonchev–Trinajstić information content (AvgIpc) is 2.38. The Morgan fingerprint density at radius 1 is 1.16 bits per heavy atom. The number of unbranched alkanes of at least 4 members (excludes halogenated alkanes) is 2. The Kier molecular flexibility index (Phi) is 7.33. The Morgan fingerprint density at radius 3 is 2.32 bits per heavy atom. The van der Waals surface area contributed by atoms with Crippen molar-refractivity contribution in [1.82, 2.24) is 15.1 Å². The van der Waals surface area contributed by atoms with E-state index < -0.39 is 0 Å². The van der Waals surface area contributed by atoms with Gasteiger partial charge in [0.2, 0.25) is 0 Å². The molecule has 0 bridgehead atoms. The Balaban J connectivity index is 2.50. The van der Waals surface area contributed by atoms with Gasteiger partial charge in [-0.05, 0) is 40.7 Å². The van der Waals surface area contributed by atoms with Gasteiger partial charge in [-0.2, -0.15) is 0 Å². The van der Waals surface area contributed by atoms with Crippen LogP contribution in [0.25, 0.3) is 0 Å². The molecule has 3 heteroatoms. The quantitative estimate of drug-likeness (QED) is 0.683. The molecule has 1 heterocycles. The molecule has 0 aliphatic carbocycles. The van der Waals surface area contributed by atoms with Crippen LogP contribution in [0.2, 0.25) is 0 Å². The molecule has 0 radical (unpaired) electrons. The molecule has 1 saturated heterocycles. The van der Waals surface area contributed by atoms with Crippen molar-refractivity contribution >= 4 is 0 Å². The van der Waals surface area contributed by atoms with E-state index in [4.69, 9.17) is 0 Å². The predicted octanol–water partition coefficient (Wildman–Crippen LogP) is 2.57. The molecule has 3 nitrogen and oxygen atoms in total. The second kappa shape index (κ2) is 8.23. The van der Waals surface area contributed by atoms with Gasteiger partial charge in [0.25, 0.3) is 0 Å². The van der Waals surface area contributed by atoms with Crippen LogP contribution >= 0.6 is 0 Å². The van der Waals surface area contributed by atoms with E-state index in [0.29, 0.717) is 11.6 Å². The molecule has 0 aromatic heterocycles. The lowest BCUT2D eigenvalue weighted by Crippen LogP contribution is -2.58. The summed E-state index contributed by atoms with van der Waals surface area (Å²) in [6, 6.07) is 0.652. The average molecular weight is 269 g/mol. The third-order valence-corrected chi connectivity index (χ3v) is 4.34. The SMILES string of the molecule is CCCCCN(CC(C)(C)N1CCNCC1)C(C)C. The summed E-state index contributed by atoms with van der Waals surface area (Å²) in [6.07, 6.45) is 4.01. The molecule has 0 unspecified atom stereocenters. The van der Waals surface area contributed by atoms with E-state index in [2.05, 4.69) is 49.7 Å². The smallest absolute Gasteiger partial charge is 0.0281 e. The third-order valence-electron chi connectivity index (χ3n) is 4.34. The predicted molar refractivity (Wildman–Crippen MR) is 84.8 cm³/mol. The second-order valence-corrected chi connectivity index (χ2v) is 6.82. The molecule has 1 rings (SSSR count). The van der Waals surface area contributed by atoms with Gasteiger partial charge >= 0.3 is 0 Å². The number of nitrogens with zero attached hydrogens (tertiary/aromatic N) is 2. The maximum atomic E-state index is 3.45. The molecular weight excluding hydrogens is 234 g/mol. The zero-order chi connectivity index (χ0) is 14.3. The van der Waals surface area contributed by atoms with Crippen molar-refractivity contribution in [2.24, 2.45) is 0 Å². The lowest BCUT2D eigenvalue weighted by molar-refractivity contribution is 0.0516. The second-order valence-electron chi connectivity index (χ2n) is 6.82. The number of nitrogens with one attached hydrogen (secondary N) is 1. The highest BCUT2D eigenvalue weighted by Gasteiger charge is 2.30.